The molecule has 0 amide bonds. The summed E-state index contributed by atoms with van der Waals surface area (Å²) >= 11 is 0. The van der Waals surface area contributed by atoms with Gasteiger partial charge in [0.2, 0.25) is 10.0 Å². The van der Waals surface area contributed by atoms with Gasteiger partial charge in [0.1, 0.15) is 0 Å². The molecule has 0 atom stereocenters. The predicted molar refractivity (Wildman–Crippen MR) is 82.4 cm³/mol. The van der Waals surface area contributed by atoms with Gasteiger partial charge in [0.05, 0.1) is 12.4 Å². The molecule has 0 spiro atoms. The molecule has 9 heteroatoms. The summed E-state index contributed by atoms with van der Waals surface area (Å²) in [5.41, 5.74) is 0. The average Bonchev–Trinajstić information content (AvgIpc) is 2.37. The fraction of sp³-hybridized carbons (Fsp3) is 1.00. The van der Waals surface area contributed by atoms with Crippen molar-refractivity contribution in [2.45, 2.75) is 52.4 Å². The van der Waals surface area contributed by atoms with Crippen molar-refractivity contribution in [2.24, 2.45) is 0 Å². The third-order valence-electron chi connectivity index (χ3n) is 3.10. The molecule has 2 N–H and O–H groups in total. The third-order valence-corrected chi connectivity index (χ3v) is 5.65. The number of nitrogens with zero attached hydrogens (tertiary/aromatic N) is 1. The predicted octanol–water partition coefficient (Wildman–Crippen LogP) is 2.11. The van der Waals surface area contributed by atoms with Gasteiger partial charge in [-0.3, -0.25) is 4.52 Å². The van der Waals surface area contributed by atoms with E-state index in [0.717, 1.165) is 25.7 Å². The fourth-order valence-electron chi connectivity index (χ4n) is 1.95. The van der Waals surface area contributed by atoms with E-state index in [0.29, 0.717) is 6.42 Å². The molecule has 0 aliphatic rings. The molecule has 0 radical (unpaired) electrons. The lowest BCUT2D eigenvalue weighted by Crippen LogP contribution is -2.35. The summed E-state index contributed by atoms with van der Waals surface area (Å²) in [7, 11) is -7.93. The SMILES string of the molecule is CCCCCCCCS(=O)(=O)N(CC)CCOP(=O)(O)O. The molecular formula is C12H28NO6PS. The van der Waals surface area contributed by atoms with Crippen molar-refractivity contribution >= 4 is 17.8 Å². The Morgan fingerprint density at radius 2 is 1.62 bits per heavy atom. The topological polar surface area (TPSA) is 104 Å². The number of hydrogen-bond acceptors (Lipinski definition) is 4. The average molecular weight is 345 g/mol. The summed E-state index contributed by atoms with van der Waals surface area (Å²) in [6.07, 6.45) is 5.99. The van der Waals surface area contributed by atoms with Gasteiger partial charge < -0.3 is 9.79 Å². The van der Waals surface area contributed by atoms with Gasteiger partial charge in [-0.05, 0) is 6.42 Å². The number of likely N-dealkylation sites (N-methyl/N-ethyl adjacent to an activating group) is 1. The highest BCUT2D eigenvalue weighted by atomic mass is 32.2. The van der Waals surface area contributed by atoms with Crippen LogP contribution in [0.3, 0.4) is 0 Å². The van der Waals surface area contributed by atoms with Crippen molar-refractivity contribution in [2.75, 3.05) is 25.4 Å². The Morgan fingerprint density at radius 1 is 1.05 bits per heavy atom. The molecule has 0 aromatic rings. The lowest BCUT2D eigenvalue weighted by Gasteiger charge is -2.20. The summed E-state index contributed by atoms with van der Waals surface area (Å²) in [5.74, 6) is 0.0723. The van der Waals surface area contributed by atoms with E-state index in [1.165, 1.54) is 10.7 Å². The Kier molecular flexibility index (Phi) is 10.7. The lowest BCUT2D eigenvalue weighted by molar-refractivity contribution is 0.185. The van der Waals surface area contributed by atoms with Crippen LogP contribution in [0.5, 0.6) is 0 Å². The zero-order valence-corrected chi connectivity index (χ0v) is 14.6. The van der Waals surface area contributed by atoms with Crippen LogP contribution < -0.4 is 0 Å². The van der Waals surface area contributed by atoms with E-state index in [1.54, 1.807) is 6.92 Å². The van der Waals surface area contributed by atoms with E-state index < -0.39 is 17.8 Å². The molecule has 0 aliphatic heterocycles. The van der Waals surface area contributed by atoms with Crippen LogP contribution >= 0.6 is 7.82 Å². The zero-order valence-electron chi connectivity index (χ0n) is 12.9. The molecule has 21 heavy (non-hydrogen) atoms. The van der Waals surface area contributed by atoms with Gasteiger partial charge in [0.15, 0.2) is 0 Å². The molecule has 128 valence electrons. The maximum atomic E-state index is 12.1. The molecule has 0 unspecified atom stereocenters. The maximum Gasteiger partial charge on any atom is 0.469 e. The van der Waals surface area contributed by atoms with Gasteiger partial charge in [-0.1, -0.05) is 46.0 Å². The highest BCUT2D eigenvalue weighted by Crippen LogP contribution is 2.35. The second-order valence-corrected chi connectivity index (χ2v) is 8.23. The Labute approximate surface area is 128 Å². The van der Waals surface area contributed by atoms with Gasteiger partial charge >= 0.3 is 7.82 Å². The molecule has 0 fully saturated rings. The van der Waals surface area contributed by atoms with Crippen molar-refractivity contribution in [3.05, 3.63) is 0 Å². The van der Waals surface area contributed by atoms with Crippen LogP contribution in [0, 0.1) is 0 Å². The van der Waals surface area contributed by atoms with Gasteiger partial charge in [0.25, 0.3) is 0 Å². The van der Waals surface area contributed by atoms with E-state index in [1.807, 2.05) is 0 Å². The minimum atomic E-state index is -4.54. The van der Waals surface area contributed by atoms with Gasteiger partial charge in [-0.15, -0.1) is 0 Å². The largest absolute Gasteiger partial charge is 0.469 e. The molecule has 0 aliphatic carbocycles. The first-order chi connectivity index (χ1) is 9.73. The van der Waals surface area contributed by atoms with E-state index in [4.69, 9.17) is 9.79 Å². The number of unbranched alkanes of at least 4 members (excludes halogenated alkanes) is 5. The summed E-state index contributed by atoms with van der Waals surface area (Å²) < 4.78 is 40.2. The normalized spacial score (nSPS) is 13.0. The molecule has 0 saturated carbocycles. The number of phosphoric acid groups is 1. The van der Waals surface area contributed by atoms with Gasteiger partial charge in [0, 0.05) is 13.1 Å². The number of rotatable bonds is 13. The molecule has 7 nitrogen and oxygen atoms in total. The van der Waals surface area contributed by atoms with Crippen molar-refractivity contribution < 1.29 is 27.3 Å². The van der Waals surface area contributed by atoms with Crippen LogP contribution in [0.2, 0.25) is 0 Å². The van der Waals surface area contributed by atoms with Crippen molar-refractivity contribution in [1.29, 1.82) is 0 Å². The number of phosphoric ester groups is 1. The number of hydrogen-bond donors (Lipinski definition) is 2. The minimum Gasteiger partial charge on any atom is -0.303 e. The zero-order chi connectivity index (χ0) is 16.4. The van der Waals surface area contributed by atoms with Crippen LogP contribution in [0.1, 0.15) is 52.4 Å². The van der Waals surface area contributed by atoms with E-state index in [9.17, 15) is 13.0 Å². The first kappa shape index (κ1) is 21.0. The fourth-order valence-corrected chi connectivity index (χ4v) is 3.84. The lowest BCUT2D eigenvalue weighted by atomic mass is 10.1. The van der Waals surface area contributed by atoms with E-state index >= 15 is 0 Å². The third kappa shape index (κ3) is 11.3. The van der Waals surface area contributed by atoms with Crippen LogP contribution in [-0.2, 0) is 19.1 Å². The summed E-state index contributed by atoms with van der Waals surface area (Å²) in [4.78, 5) is 17.1. The van der Waals surface area contributed by atoms with Crippen molar-refractivity contribution in [1.82, 2.24) is 4.31 Å². The second-order valence-electron chi connectivity index (χ2n) is 4.90. The Hall–Kier alpha value is 0.0200. The second kappa shape index (κ2) is 10.7. The van der Waals surface area contributed by atoms with Gasteiger partial charge in [-0.25, -0.2) is 13.0 Å². The van der Waals surface area contributed by atoms with Crippen molar-refractivity contribution in [3.8, 4) is 0 Å². The first-order valence-electron chi connectivity index (χ1n) is 7.41. The van der Waals surface area contributed by atoms with Crippen molar-refractivity contribution in [3.63, 3.8) is 0 Å². The van der Waals surface area contributed by atoms with E-state index in [2.05, 4.69) is 11.4 Å². The van der Waals surface area contributed by atoms with Crippen LogP contribution in [0.25, 0.3) is 0 Å². The maximum absolute atomic E-state index is 12.1. The van der Waals surface area contributed by atoms with Crippen LogP contribution in [0.4, 0.5) is 0 Å². The standard InChI is InChI=1S/C12H28NO6PS/c1-3-5-6-7-8-9-12-21(17,18)13(4-2)10-11-19-20(14,15)16/h3-12H2,1-2H3,(H2,14,15,16). The molecule has 0 heterocycles. The molecule has 0 bridgehead atoms. The van der Waals surface area contributed by atoms with Gasteiger partial charge in [-0.2, -0.15) is 4.31 Å². The smallest absolute Gasteiger partial charge is 0.303 e. The molecule has 0 saturated heterocycles. The summed E-state index contributed by atoms with van der Waals surface area (Å²) in [5, 5.41) is 0. The molecular weight excluding hydrogens is 317 g/mol. The quantitative estimate of drug-likeness (QED) is 0.391. The Balaban J connectivity index is 4.09. The Morgan fingerprint density at radius 3 is 2.14 bits per heavy atom. The highest BCUT2D eigenvalue weighted by molar-refractivity contribution is 7.89. The summed E-state index contributed by atoms with van der Waals surface area (Å²) in [6, 6.07) is 0. The van der Waals surface area contributed by atoms with E-state index in [-0.39, 0.29) is 25.4 Å². The van der Waals surface area contributed by atoms with Crippen LogP contribution in [-0.4, -0.2) is 48.0 Å². The summed E-state index contributed by atoms with van der Waals surface area (Å²) in [6.45, 7) is 3.73. The molecule has 0 aromatic carbocycles. The monoisotopic (exact) mass is 345 g/mol. The first-order valence-corrected chi connectivity index (χ1v) is 10.5. The Bertz CT molecular complexity index is 408. The van der Waals surface area contributed by atoms with Crippen LogP contribution in [0.15, 0.2) is 0 Å². The molecule has 0 rings (SSSR count). The highest BCUT2D eigenvalue weighted by Gasteiger charge is 2.21. The number of sulfonamides is 1. The minimum absolute atomic E-state index is 0.0419. The molecule has 0 aromatic heterocycles.